The van der Waals surface area contributed by atoms with E-state index >= 15 is 0 Å². The highest BCUT2D eigenvalue weighted by molar-refractivity contribution is 7.45. The van der Waals surface area contributed by atoms with Crippen LogP contribution in [0.3, 0.4) is 0 Å². The number of unbranched alkanes of at least 4 members (excludes halogenated alkanes) is 4. The SMILES string of the molecule is CC/C=C\C/C=C\C/C=C\C/C=C\C=C/C(O)C/C=C\CCC(=O)OC[C@H](COP(=O)([O-])OCC[N+](C)(C)C)OC(=O)CCC/C=C\C/C=C\C/C=C\C/C=C\CCCCC. The van der Waals surface area contributed by atoms with Crippen molar-refractivity contribution in [3.63, 3.8) is 0 Å². The molecule has 0 aliphatic rings. The number of allylic oxidation sites excluding steroid dienone is 18. The summed E-state index contributed by atoms with van der Waals surface area (Å²) in [5.41, 5.74) is 0. The quantitative estimate of drug-likeness (QED) is 0.0161. The van der Waals surface area contributed by atoms with Crippen LogP contribution in [0.15, 0.2) is 122 Å². The number of carbonyl (C=O) groups excluding carboxylic acids is 2. The first-order valence-corrected chi connectivity index (χ1v) is 23.8. The molecule has 0 amide bonds. The largest absolute Gasteiger partial charge is 0.756 e. The third-order valence-corrected chi connectivity index (χ3v) is 9.52. The van der Waals surface area contributed by atoms with E-state index in [2.05, 4.69) is 86.8 Å². The van der Waals surface area contributed by atoms with Crippen molar-refractivity contribution in [3.05, 3.63) is 122 Å². The van der Waals surface area contributed by atoms with E-state index in [1.165, 1.54) is 19.3 Å². The summed E-state index contributed by atoms with van der Waals surface area (Å²) in [6.45, 7) is 3.78. The van der Waals surface area contributed by atoms with Gasteiger partial charge in [-0.25, -0.2) is 0 Å². The van der Waals surface area contributed by atoms with E-state index in [9.17, 15) is 24.2 Å². The summed E-state index contributed by atoms with van der Waals surface area (Å²) in [6, 6.07) is 0. The molecule has 0 aromatic heterocycles. The second kappa shape index (κ2) is 40.4. The first-order chi connectivity index (χ1) is 29.4. The molecular formula is C50H80NO9P. The Morgan fingerprint density at radius 1 is 0.623 bits per heavy atom. The van der Waals surface area contributed by atoms with Gasteiger partial charge in [-0.1, -0.05) is 148 Å². The average Bonchev–Trinajstić information content (AvgIpc) is 3.21. The molecule has 0 rings (SSSR count). The van der Waals surface area contributed by atoms with Crippen LogP contribution in [-0.4, -0.2) is 81.2 Å². The molecular weight excluding hydrogens is 790 g/mol. The van der Waals surface area contributed by atoms with Gasteiger partial charge in [-0.2, -0.15) is 0 Å². The van der Waals surface area contributed by atoms with Gasteiger partial charge in [-0.05, 0) is 83.5 Å². The van der Waals surface area contributed by atoms with E-state index in [4.69, 9.17) is 18.5 Å². The minimum Gasteiger partial charge on any atom is -0.756 e. The number of quaternary nitrogens is 1. The van der Waals surface area contributed by atoms with Gasteiger partial charge in [0.25, 0.3) is 7.82 Å². The maximum Gasteiger partial charge on any atom is 0.306 e. The number of phosphoric acid groups is 1. The van der Waals surface area contributed by atoms with Crippen LogP contribution in [0.4, 0.5) is 0 Å². The van der Waals surface area contributed by atoms with Gasteiger partial charge in [-0.15, -0.1) is 0 Å². The van der Waals surface area contributed by atoms with E-state index < -0.39 is 38.6 Å². The zero-order valence-corrected chi connectivity index (χ0v) is 39.1. The maximum absolute atomic E-state index is 12.7. The summed E-state index contributed by atoms with van der Waals surface area (Å²) in [5, 5.41) is 10.2. The van der Waals surface area contributed by atoms with Crippen LogP contribution < -0.4 is 4.89 Å². The molecule has 61 heavy (non-hydrogen) atoms. The van der Waals surface area contributed by atoms with Crippen molar-refractivity contribution in [3.8, 4) is 0 Å². The molecule has 0 aromatic rings. The second-order valence-corrected chi connectivity index (χ2v) is 16.9. The van der Waals surface area contributed by atoms with Crippen LogP contribution in [0, 0.1) is 0 Å². The Balaban J connectivity index is 4.68. The van der Waals surface area contributed by atoms with Gasteiger partial charge in [0.1, 0.15) is 19.8 Å². The van der Waals surface area contributed by atoms with Crippen LogP contribution in [0.1, 0.15) is 123 Å². The second-order valence-electron chi connectivity index (χ2n) is 15.5. The number of hydrogen-bond donors (Lipinski definition) is 1. The Morgan fingerprint density at radius 2 is 1.16 bits per heavy atom. The van der Waals surface area contributed by atoms with E-state index in [1.807, 2.05) is 51.5 Å². The topological polar surface area (TPSA) is 131 Å². The molecule has 0 saturated heterocycles. The smallest absolute Gasteiger partial charge is 0.306 e. The average molecular weight is 870 g/mol. The fourth-order valence-electron chi connectivity index (χ4n) is 5.05. The number of aliphatic hydroxyl groups excluding tert-OH is 1. The maximum atomic E-state index is 12.7. The minimum atomic E-state index is -4.69. The first-order valence-electron chi connectivity index (χ1n) is 22.4. The number of aliphatic hydroxyl groups is 1. The van der Waals surface area contributed by atoms with Crippen molar-refractivity contribution in [1.29, 1.82) is 0 Å². The molecule has 0 aromatic carbocycles. The van der Waals surface area contributed by atoms with Gasteiger partial charge < -0.3 is 33.0 Å². The fraction of sp³-hybridized carbons (Fsp3) is 0.560. The molecule has 0 fully saturated rings. The molecule has 0 aliphatic heterocycles. The van der Waals surface area contributed by atoms with Gasteiger partial charge in [0.05, 0.1) is 33.9 Å². The van der Waals surface area contributed by atoms with Crippen molar-refractivity contribution in [2.75, 3.05) is 47.5 Å². The summed E-state index contributed by atoms with van der Waals surface area (Å²) in [4.78, 5) is 37.5. The van der Waals surface area contributed by atoms with Gasteiger partial charge in [0.2, 0.25) is 0 Å². The molecule has 0 radical (unpaired) electrons. The number of esters is 2. The number of carbonyl (C=O) groups is 2. The van der Waals surface area contributed by atoms with Crippen molar-refractivity contribution < 1.29 is 47.2 Å². The Hall–Kier alpha value is -3.63. The minimum absolute atomic E-state index is 0.0508. The zero-order valence-electron chi connectivity index (χ0n) is 38.2. The lowest BCUT2D eigenvalue weighted by molar-refractivity contribution is -0.870. The lowest BCUT2D eigenvalue weighted by Gasteiger charge is -2.28. The van der Waals surface area contributed by atoms with Gasteiger partial charge >= 0.3 is 11.9 Å². The molecule has 0 saturated carbocycles. The van der Waals surface area contributed by atoms with E-state index in [1.54, 1.807) is 18.2 Å². The normalized spacial score (nSPS) is 15.2. The van der Waals surface area contributed by atoms with Crippen LogP contribution in [0.25, 0.3) is 0 Å². The number of rotatable bonds is 38. The van der Waals surface area contributed by atoms with Crippen molar-refractivity contribution in [2.24, 2.45) is 0 Å². The summed E-state index contributed by atoms with van der Waals surface area (Å²) in [7, 11) is 1.01. The summed E-state index contributed by atoms with van der Waals surface area (Å²) in [6.07, 6.45) is 52.7. The highest BCUT2D eigenvalue weighted by Gasteiger charge is 2.21. The molecule has 10 nitrogen and oxygen atoms in total. The van der Waals surface area contributed by atoms with Crippen LogP contribution in [0.5, 0.6) is 0 Å². The van der Waals surface area contributed by atoms with E-state index in [0.717, 1.165) is 51.4 Å². The summed E-state index contributed by atoms with van der Waals surface area (Å²) >= 11 is 0. The van der Waals surface area contributed by atoms with Gasteiger partial charge in [0.15, 0.2) is 6.10 Å². The van der Waals surface area contributed by atoms with Crippen molar-refractivity contribution in [1.82, 2.24) is 0 Å². The molecule has 3 atom stereocenters. The highest BCUT2D eigenvalue weighted by atomic mass is 31.2. The third-order valence-electron chi connectivity index (χ3n) is 8.56. The molecule has 0 heterocycles. The molecule has 11 heteroatoms. The third kappa shape index (κ3) is 44.2. The lowest BCUT2D eigenvalue weighted by Crippen LogP contribution is -2.37. The number of ether oxygens (including phenoxy) is 2. The fourth-order valence-corrected chi connectivity index (χ4v) is 5.78. The molecule has 0 bridgehead atoms. The van der Waals surface area contributed by atoms with Crippen LogP contribution in [-0.2, 0) is 32.7 Å². The predicted molar refractivity (Wildman–Crippen MR) is 250 cm³/mol. The molecule has 0 spiro atoms. The monoisotopic (exact) mass is 870 g/mol. The Morgan fingerprint density at radius 3 is 1.74 bits per heavy atom. The lowest BCUT2D eigenvalue weighted by atomic mass is 10.2. The highest BCUT2D eigenvalue weighted by Crippen LogP contribution is 2.38. The van der Waals surface area contributed by atoms with Crippen molar-refractivity contribution in [2.45, 2.75) is 135 Å². The summed E-state index contributed by atoms with van der Waals surface area (Å²) in [5.74, 6) is -1.10. The van der Waals surface area contributed by atoms with E-state index in [-0.39, 0.29) is 26.1 Å². The van der Waals surface area contributed by atoms with E-state index in [0.29, 0.717) is 36.7 Å². The molecule has 2 unspecified atom stereocenters. The molecule has 0 aliphatic carbocycles. The van der Waals surface area contributed by atoms with Crippen LogP contribution >= 0.6 is 7.82 Å². The van der Waals surface area contributed by atoms with Gasteiger partial charge in [-0.3, -0.25) is 14.2 Å². The standard InChI is InChI=1S/C50H80NO9P/c1-6-8-10-12-14-16-18-20-21-22-23-25-27-29-31-33-37-42-50(54)60-48(46-59-61(55,56)58-44-43-51(3,4)5)45-57-49(53)41-38-34-36-40-47(52)39-35-32-30-28-26-24-19-17-15-13-11-9-7-2/h9,11,14-17,20-21,23-26,29-32,34-36,39,47-48,52H,6-8,10,12-13,18-19,22,27-28,33,37-38,40-46H2,1-5H3/b11-9-,16-14-,17-15-,21-20-,25-23-,26-24-,31-29-,32-30-,36-34-,39-35-/t47?,48-/m1/s1. The zero-order chi connectivity index (χ0) is 45.1. The van der Waals surface area contributed by atoms with Gasteiger partial charge in [0, 0.05) is 12.8 Å². The molecule has 344 valence electrons. The number of nitrogens with zero attached hydrogens (tertiary/aromatic N) is 1. The number of hydrogen-bond acceptors (Lipinski definition) is 9. The Labute approximate surface area is 370 Å². The summed E-state index contributed by atoms with van der Waals surface area (Å²) < 4.78 is 33.7. The van der Waals surface area contributed by atoms with Crippen LogP contribution in [0.2, 0.25) is 0 Å². The Kier molecular flexibility index (Phi) is 38.0. The number of likely N-dealkylation sites (N-methyl/N-ethyl adjacent to an activating group) is 1. The Bertz CT molecular complexity index is 1460. The number of phosphoric ester groups is 1. The first kappa shape index (κ1) is 57.4. The predicted octanol–water partition coefficient (Wildman–Crippen LogP) is 11.2. The molecule has 1 N–H and O–H groups in total. The van der Waals surface area contributed by atoms with Crippen molar-refractivity contribution >= 4 is 19.8 Å².